The fourth-order valence-corrected chi connectivity index (χ4v) is 4.23. The van der Waals surface area contributed by atoms with E-state index in [-0.39, 0.29) is 11.9 Å². The highest BCUT2D eigenvalue weighted by Crippen LogP contribution is 2.31. The lowest BCUT2D eigenvalue weighted by Gasteiger charge is -2.28. The molecule has 5 rings (SSSR count). The number of nitrogens with one attached hydrogen (secondary N) is 2. The molecule has 11 nitrogen and oxygen atoms in total. The highest BCUT2D eigenvalue weighted by molar-refractivity contribution is 6.01. The first-order chi connectivity index (χ1) is 17.1. The summed E-state index contributed by atoms with van der Waals surface area (Å²) in [7, 11) is 0. The van der Waals surface area contributed by atoms with Crippen molar-refractivity contribution in [1.82, 2.24) is 19.9 Å². The Bertz CT molecular complexity index is 1280. The molecule has 2 aromatic heterocycles. The molecule has 2 saturated heterocycles. The minimum Gasteiger partial charge on any atom is -0.378 e. The lowest BCUT2D eigenvalue weighted by atomic mass is 10.2. The summed E-state index contributed by atoms with van der Waals surface area (Å²) in [6, 6.07) is 7.81. The third-order valence-electron chi connectivity index (χ3n) is 6.01. The van der Waals surface area contributed by atoms with E-state index in [9.17, 15) is 4.79 Å². The molecule has 2 N–H and O–H groups in total. The van der Waals surface area contributed by atoms with Gasteiger partial charge in [-0.25, -0.2) is 15.0 Å². The predicted octanol–water partition coefficient (Wildman–Crippen LogP) is 1.94. The third-order valence-corrected chi connectivity index (χ3v) is 6.01. The maximum absolute atomic E-state index is 11.8. The minimum atomic E-state index is -0.273. The second-order valence-corrected chi connectivity index (χ2v) is 8.36. The summed E-state index contributed by atoms with van der Waals surface area (Å²) >= 11 is 0. The van der Waals surface area contributed by atoms with E-state index in [0.29, 0.717) is 42.9 Å². The first-order valence-corrected chi connectivity index (χ1v) is 11.4. The molecule has 2 fully saturated rings. The second kappa shape index (κ2) is 9.90. The van der Waals surface area contributed by atoms with Gasteiger partial charge in [0.25, 0.3) is 0 Å². The molecule has 1 aromatic carbocycles. The molecular formula is C24H25N9O2. The standard InChI is InChI=1S/C24H25N9O2/c1-2-21(34)28-17-3-4-19-20(11-17)30-24(32-7-9-35-10-8-32)31-22(19)33-6-5-18(15-33)29-23-26-13-16(12-25)14-27-23/h2-4,11,13-14,18H,1,5-10,15H2,(H,28,34)(H,26,27,29)/t18-/m1/s1. The summed E-state index contributed by atoms with van der Waals surface area (Å²) in [5.74, 6) is 1.73. The van der Waals surface area contributed by atoms with Crippen LogP contribution in [-0.4, -0.2) is 71.3 Å². The van der Waals surface area contributed by atoms with Crippen LogP contribution in [0.15, 0.2) is 43.2 Å². The molecule has 4 heterocycles. The van der Waals surface area contributed by atoms with Gasteiger partial charge in [0.15, 0.2) is 0 Å². The highest BCUT2D eigenvalue weighted by atomic mass is 16.5. The number of nitrogens with zero attached hydrogens (tertiary/aromatic N) is 7. The number of morpholine rings is 1. The molecule has 0 unspecified atom stereocenters. The molecule has 0 bridgehead atoms. The van der Waals surface area contributed by atoms with E-state index < -0.39 is 0 Å². The first kappa shape index (κ1) is 22.5. The number of hydrogen-bond acceptors (Lipinski definition) is 10. The number of rotatable bonds is 6. The minimum absolute atomic E-state index is 0.131. The summed E-state index contributed by atoms with van der Waals surface area (Å²) in [4.78, 5) is 34.4. The average Bonchev–Trinajstić information content (AvgIpc) is 3.37. The summed E-state index contributed by atoms with van der Waals surface area (Å²) in [6.07, 6.45) is 5.15. The van der Waals surface area contributed by atoms with Crippen LogP contribution in [0.3, 0.4) is 0 Å². The Morgan fingerprint density at radius 1 is 1.17 bits per heavy atom. The van der Waals surface area contributed by atoms with E-state index in [1.54, 1.807) is 0 Å². The Balaban J connectivity index is 1.43. The van der Waals surface area contributed by atoms with Gasteiger partial charge in [-0.2, -0.15) is 10.2 Å². The number of hydrogen-bond donors (Lipinski definition) is 2. The number of aromatic nitrogens is 4. The average molecular weight is 472 g/mol. The molecule has 0 saturated carbocycles. The fourth-order valence-electron chi connectivity index (χ4n) is 4.23. The Kier molecular flexibility index (Phi) is 6.36. The van der Waals surface area contributed by atoms with Crippen molar-refractivity contribution in [2.45, 2.75) is 12.5 Å². The molecule has 2 aliphatic rings. The smallest absolute Gasteiger partial charge is 0.247 e. The molecule has 0 spiro atoms. The summed E-state index contributed by atoms with van der Waals surface area (Å²) < 4.78 is 5.50. The monoisotopic (exact) mass is 471 g/mol. The molecule has 3 aromatic rings. The van der Waals surface area contributed by atoms with Crippen molar-refractivity contribution in [3.05, 3.63) is 48.8 Å². The van der Waals surface area contributed by atoms with Crippen LogP contribution in [0.5, 0.6) is 0 Å². The van der Waals surface area contributed by atoms with Crippen molar-refractivity contribution < 1.29 is 9.53 Å². The quantitative estimate of drug-likeness (QED) is 0.514. The first-order valence-electron chi connectivity index (χ1n) is 11.4. The van der Waals surface area contributed by atoms with Crippen LogP contribution >= 0.6 is 0 Å². The number of carbonyl (C=O) groups excluding carboxylic acids is 1. The number of nitriles is 1. The molecule has 35 heavy (non-hydrogen) atoms. The number of amides is 1. The summed E-state index contributed by atoms with van der Waals surface area (Å²) in [5, 5.41) is 16.0. The molecule has 2 aliphatic heterocycles. The van der Waals surface area contributed by atoms with E-state index >= 15 is 0 Å². The normalized spacial score (nSPS) is 17.7. The largest absolute Gasteiger partial charge is 0.378 e. The number of fused-ring (bicyclic) bond motifs is 1. The molecule has 11 heteroatoms. The van der Waals surface area contributed by atoms with Gasteiger partial charge in [-0.15, -0.1) is 0 Å². The summed E-state index contributed by atoms with van der Waals surface area (Å²) in [6.45, 7) is 7.74. The van der Waals surface area contributed by atoms with Crippen molar-refractivity contribution >= 4 is 40.2 Å². The third kappa shape index (κ3) is 4.97. The Morgan fingerprint density at radius 2 is 1.97 bits per heavy atom. The summed E-state index contributed by atoms with van der Waals surface area (Å²) in [5.41, 5.74) is 1.83. The second-order valence-electron chi connectivity index (χ2n) is 8.36. The van der Waals surface area contributed by atoms with Gasteiger partial charge in [0, 0.05) is 43.3 Å². The maximum atomic E-state index is 11.8. The van der Waals surface area contributed by atoms with Crippen LogP contribution < -0.4 is 20.4 Å². The number of anilines is 4. The van der Waals surface area contributed by atoms with Crippen LogP contribution in [0.25, 0.3) is 10.9 Å². The van der Waals surface area contributed by atoms with Crippen molar-refractivity contribution in [3.63, 3.8) is 0 Å². The van der Waals surface area contributed by atoms with Crippen molar-refractivity contribution in [2.75, 3.05) is 59.8 Å². The molecule has 178 valence electrons. The van der Waals surface area contributed by atoms with Gasteiger partial charge in [0.05, 0.1) is 36.7 Å². The molecule has 0 aliphatic carbocycles. The zero-order valence-electron chi connectivity index (χ0n) is 19.1. The van der Waals surface area contributed by atoms with Gasteiger partial charge < -0.3 is 25.2 Å². The molecule has 1 atom stereocenters. The highest BCUT2D eigenvalue weighted by Gasteiger charge is 2.27. The fraction of sp³-hybridized carbons (Fsp3) is 0.333. The van der Waals surface area contributed by atoms with E-state index in [2.05, 4.69) is 37.0 Å². The van der Waals surface area contributed by atoms with E-state index in [0.717, 1.165) is 42.8 Å². The van der Waals surface area contributed by atoms with Gasteiger partial charge in [-0.1, -0.05) is 6.58 Å². The van der Waals surface area contributed by atoms with Crippen LogP contribution in [0.2, 0.25) is 0 Å². The van der Waals surface area contributed by atoms with Crippen molar-refractivity contribution in [2.24, 2.45) is 0 Å². The Morgan fingerprint density at radius 3 is 2.71 bits per heavy atom. The van der Waals surface area contributed by atoms with Crippen LogP contribution in [-0.2, 0) is 9.53 Å². The molecular weight excluding hydrogens is 446 g/mol. The number of carbonyl (C=O) groups is 1. The van der Waals surface area contributed by atoms with Crippen molar-refractivity contribution in [3.8, 4) is 6.07 Å². The lowest BCUT2D eigenvalue weighted by Crippen LogP contribution is -2.37. The molecule has 0 radical (unpaired) electrons. The van der Waals surface area contributed by atoms with Crippen molar-refractivity contribution in [1.29, 1.82) is 5.26 Å². The zero-order valence-corrected chi connectivity index (χ0v) is 19.1. The van der Waals surface area contributed by atoms with Gasteiger partial charge in [0.1, 0.15) is 11.9 Å². The van der Waals surface area contributed by atoms with E-state index in [4.69, 9.17) is 20.0 Å². The van der Waals surface area contributed by atoms with Gasteiger partial charge in [-0.05, 0) is 30.7 Å². The lowest BCUT2D eigenvalue weighted by molar-refractivity contribution is -0.111. The SMILES string of the molecule is C=CC(=O)Nc1ccc2c(N3CC[C@@H](Nc4ncc(C#N)cn4)C3)nc(N3CCOCC3)nc2c1. The topological polar surface area (TPSA) is 132 Å². The molecule has 1 amide bonds. The number of benzene rings is 1. The van der Waals surface area contributed by atoms with Crippen LogP contribution in [0.4, 0.5) is 23.4 Å². The van der Waals surface area contributed by atoms with Gasteiger partial charge in [-0.3, -0.25) is 4.79 Å². The van der Waals surface area contributed by atoms with Crippen LogP contribution in [0, 0.1) is 11.3 Å². The van der Waals surface area contributed by atoms with E-state index in [1.807, 2.05) is 24.3 Å². The Hall–Kier alpha value is -4.30. The van der Waals surface area contributed by atoms with E-state index in [1.165, 1.54) is 18.5 Å². The maximum Gasteiger partial charge on any atom is 0.247 e. The van der Waals surface area contributed by atoms with Gasteiger partial charge in [0.2, 0.25) is 17.8 Å². The van der Waals surface area contributed by atoms with Gasteiger partial charge >= 0.3 is 0 Å². The van der Waals surface area contributed by atoms with Crippen LogP contribution in [0.1, 0.15) is 12.0 Å². The Labute approximate surface area is 202 Å². The number of ether oxygens (including phenoxy) is 1. The predicted molar refractivity (Wildman–Crippen MR) is 132 cm³/mol. The zero-order chi connectivity index (χ0) is 24.2.